The molecule has 34 heavy (non-hydrogen) atoms. The highest BCUT2D eigenvalue weighted by molar-refractivity contribution is 7.98. The Hall–Kier alpha value is -4.15. The summed E-state index contributed by atoms with van der Waals surface area (Å²) in [5.41, 5.74) is 4.63. The fraction of sp³-hybridized carbons (Fsp3) is 0.111. The first kappa shape index (κ1) is 21.7. The SMILES string of the molecule is Cc1cc2oc(=O)cc(CSc3nc4ccccc4c(=O)n3-c3ccc(C#N)cc3)c2cc1C. The molecule has 2 heterocycles. The molecule has 0 saturated heterocycles. The average molecular weight is 466 g/mol. The maximum absolute atomic E-state index is 13.4. The van der Waals surface area contributed by atoms with Crippen LogP contribution in [0.5, 0.6) is 0 Å². The van der Waals surface area contributed by atoms with Gasteiger partial charge in [0.2, 0.25) is 0 Å². The lowest BCUT2D eigenvalue weighted by Gasteiger charge is -2.14. The highest BCUT2D eigenvalue weighted by Crippen LogP contribution is 2.29. The van der Waals surface area contributed by atoms with Crippen molar-refractivity contribution in [3.63, 3.8) is 0 Å². The minimum atomic E-state index is -0.415. The lowest BCUT2D eigenvalue weighted by molar-refractivity contribution is 0.559. The summed E-state index contributed by atoms with van der Waals surface area (Å²) >= 11 is 1.37. The number of aromatic nitrogens is 2. The molecule has 0 bridgehead atoms. The first-order valence-electron chi connectivity index (χ1n) is 10.6. The van der Waals surface area contributed by atoms with Crippen LogP contribution >= 0.6 is 11.8 Å². The van der Waals surface area contributed by atoms with Gasteiger partial charge >= 0.3 is 5.63 Å². The summed E-state index contributed by atoms with van der Waals surface area (Å²) in [7, 11) is 0. The number of thioether (sulfide) groups is 1. The Morgan fingerprint density at radius 1 is 0.971 bits per heavy atom. The van der Waals surface area contributed by atoms with E-state index in [-0.39, 0.29) is 5.56 Å². The first-order valence-corrected chi connectivity index (χ1v) is 11.6. The fourth-order valence-electron chi connectivity index (χ4n) is 3.87. The van der Waals surface area contributed by atoms with Crippen LogP contribution in [0.3, 0.4) is 0 Å². The maximum Gasteiger partial charge on any atom is 0.336 e. The molecular weight excluding hydrogens is 446 g/mol. The van der Waals surface area contributed by atoms with E-state index in [0.29, 0.717) is 38.6 Å². The van der Waals surface area contributed by atoms with Gasteiger partial charge in [-0.2, -0.15) is 5.26 Å². The van der Waals surface area contributed by atoms with Gasteiger partial charge in [0.05, 0.1) is 28.2 Å². The van der Waals surface area contributed by atoms with Gasteiger partial charge in [0, 0.05) is 17.2 Å². The lowest BCUT2D eigenvalue weighted by atomic mass is 10.0. The zero-order chi connectivity index (χ0) is 23.8. The largest absolute Gasteiger partial charge is 0.423 e. The second kappa shape index (κ2) is 8.65. The van der Waals surface area contributed by atoms with Crippen LogP contribution < -0.4 is 11.2 Å². The van der Waals surface area contributed by atoms with E-state index in [4.69, 9.17) is 14.7 Å². The number of fused-ring (bicyclic) bond motifs is 2. The minimum Gasteiger partial charge on any atom is -0.423 e. The number of hydrogen-bond acceptors (Lipinski definition) is 6. The molecule has 0 aliphatic carbocycles. The minimum absolute atomic E-state index is 0.193. The number of rotatable bonds is 4. The Morgan fingerprint density at radius 2 is 1.71 bits per heavy atom. The van der Waals surface area contributed by atoms with Gasteiger partial charge in [0.15, 0.2) is 5.16 Å². The molecule has 3 aromatic carbocycles. The van der Waals surface area contributed by atoms with Gasteiger partial charge in [-0.15, -0.1) is 0 Å². The Bertz CT molecular complexity index is 1730. The number of nitrogens with zero attached hydrogens (tertiary/aromatic N) is 3. The van der Waals surface area contributed by atoms with Crippen LogP contribution in [0, 0.1) is 25.2 Å². The normalized spacial score (nSPS) is 11.1. The van der Waals surface area contributed by atoms with Crippen LogP contribution in [-0.2, 0) is 5.75 Å². The molecule has 2 aromatic heterocycles. The summed E-state index contributed by atoms with van der Waals surface area (Å²) in [5, 5.41) is 11.0. The third-order valence-electron chi connectivity index (χ3n) is 5.80. The molecule has 0 aliphatic heterocycles. The van der Waals surface area contributed by atoms with Gasteiger partial charge in [-0.25, -0.2) is 9.78 Å². The average Bonchev–Trinajstić information content (AvgIpc) is 2.84. The van der Waals surface area contributed by atoms with Crippen molar-refractivity contribution in [3.8, 4) is 11.8 Å². The maximum atomic E-state index is 13.4. The molecule has 166 valence electrons. The summed E-state index contributed by atoms with van der Waals surface area (Å²) in [4.78, 5) is 30.4. The molecule has 0 N–H and O–H groups in total. The molecule has 0 amide bonds. The van der Waals surface area contributed by atoms with E-state index in [2.05, 4.69) is 6.07 Å². The van der Waals surface area contributed by atoms with E-state index in [9.17, 15) is 9.59 Å². The van der Waals surface area contributed by atoms with Crippen LogP contribution in [0.2, 0.25) is 0 Å². The number of para-hydroxylation sites is 1. The smallest absolute Gasteiger partial charge is 0.336 e. The highest BCUT2D eigenvalue weighted by Gasteiger charge is 2.15. The zero-order valence-corrected chi connectivity index (χ0v) is 19.3. The first-order chi connectivity index (χ1) is 16.4. The molecule has 7 heteroatoms. The summed E-state index contributed by atoms with van der Waals surface area (Å²) in [5.74, 6) is 0.422. The Balaban J connectivity index is 1.64. The summed E-state index contributed by atoms with van der Waals surface area (Å²) in [6.45, 7) is 4.00. The second-order valence-corrected chi connectivity index (χ2v) is 8.97. The van der Waals surface area contributed by atoms with Crippen LogP contribution in [0.4, 0.5) is 0 Å². The van der Waals surface area contributed by atoms with Crippen LogP contribution in [0.15, 0.2) is 85.9 Å². The molecule has 0 unspecified atom stereocenters. The van der Waals surface area contributed by atoms with Crippen molar-refractivity contribution in [2.45, 2.75) is 24.8 Å². The van der Waals surface area contributed by atoms with Crippen molar-refractivity contribution in [3.05, 3.63) is 110 Å². The van der Waals surface area contributed by atoms with Gasteiger partial charge in [-0.05, 0) is 79.1 Å². The molecule has 5 rings (SSSR count). The van der Waals surface area contributed by atoms with Crippen molar-refractivity contribution >= 4 is 33.6 Å². The molecule has 0 radical (unpaired) electrons. The molecular formula is C27H19N3O3S. The predicted octanol–water partition coefficient (Wildman–Crippen LogP) is 5.27. The zero-order valence-electron chi connectivity index (χ0n) is 18.5. The van der Waals surface area contributed by atoms with Crippen LogP contribution in [0.25, 0.3) is 27.6 Å². The van der Waals surface area contributed by atoms with Crippen molar-refractivity contribution in [2.75, 3.05) is 0 Å². The summed E-state index contributed by atoms with van der Waals surface area (Å²) in [6.07, 6.45) is 0. The van der Waals surface area contributed by atoms with E-state index in [0.717, 1.165) is 22.1 Å². The monoisotopic (exact) mass is 465 g/mol. The third kappa shape index (κ3) is 3.89. The van der Waals surface area contributed by atoms with E-state index in [1.165, 1.54) is 17.8 Å². The molecule has 0 fully saturated rings. The molecule has 5 aromatic rings. The van der Waals surface area contributed by atoms with E-state index in [1.54, 1.807) is 41.0 Å². The van der Waals surface area contributed by atoms with Crippen LogP contribution in [-0.4, -0.2) is 9.55 Å². The summed E-state index contributed by atoms with van der Waals surface area (Å²) in [6, 6.07) is 21.5. The number of hydrogen-bond donors (Lipinski definition) is 0. The summed E-state index contributed by atoms with van der Waals surface area (Å²) < 4.78 is 6.97. The Morgan fingerprint density at radius 3 is 2.47 bits per heavy atom. The molecule has 0 spiro atoms. The predicted molar refractivity (Wildman–Crippen MR) is 134 cm³/mol. The van der Waals surface area contributed by atoms with Gasteiger partial charge in [0.1, 0.15) is 5.58 Å². The Labute approximate surface area is 199 Å². The van der Waals surface area contributed by atoms with Gasteiger partial charge in [0.25, 0.3) is 5.56 Å². The number of nitriles is 1. The standard InChI is InChI=1S/C27H19N3O3S/c1-16-11-22-19(13-25(31)33-24(22)12-17(16)2)15-34-27-29-23-6-4-3-5-21(23)26(32)30(27)20-9-7-18(14-28)8-10-20/h3-13H,15H2,1-2H3. The van der Waals surface area contributed by atoms with E-state index in [1.807, 2.05) is 38.1 Å². The fourth-order valence-corrected chi connectivity index (χ4v) is 4.87. The quantitative estimate of drug-likeness (QED) is 0.204. The van der Waals surface area contributed by atoms with E-state index >= 15 is 0 Å². The topological polar surface area (TPSA) is 88.9 Å². The lowest BCUT2D eigenvalue weighted by Crippen LogP contribution is -2.21. The van der Waals surface area contributed by atoms with Crippen LogP contribution in [0.1, 0.15) is 22.3 Å². The van der Waals surface area contributed by atoms with Crippen molar-refractivity contribution in [1.29, 1.82) is 5.26 Å². The van der Waals surface area contributed by atoms with Crippen molar-refractivity contribution < 1.29 is 4.42 Å². The number of aryl methyl sites for hydroxylation is 2. The highest BCUT2D eigenvalue weighted by atomic mass is 32.2. The van der Waals surface area contributed by atoms with Gasteiger partial charge in [-0.3, -0.25) is 9.36 Å². The third-order valence-corrected chi connectivity index (χ3v) is 6.79. The van der Waals surface area contributed by atoms with E-state index < -0.39 is 5.63 Å². The van der Waals surface area contributed by atoms with Gasteiger partial charge in [-0.1, -0.05) is 23.9 Å². The number of benzene rings is 3. The van der Waals surface area contributed by atoms with Crippen molar-refractivity contribution in [2.24, 2.45) is 0 Å². The molecule has 0 saturated carbocycles. The van der Waals surface area contributed by atoms with Crippen molar-refractivity contribution in [1.82, 2.24) is 9.55 Å². The molecule has 0 aliphatic rings. The molecule has 6 nitrogen and oxygen atoms in total. The molecule has 0 atom stereocenters. The van der Waals surface area contributed by atoms with Gasteiger partial charge < -0.3 is 4.42 Å². The second-order valence-electron chi connectivity index (χ2n) is 8.02. The Kier molecular flexibility index (Phi) is 5.52.